The predicted molar refractivity (Wildman–Crippen MR) is 119 cm³/mol. The topological polar surface area (TPSA) is 75.0 Å². The van der Waals surface area contributed by atoms with Crippen LogP contribution in [-0.2, 0) is 4.79 Å². The Kier molecular flexibility index (Phi) is 5.37. The fraction of sp³-hybridized carbons (Fsp3) is 0.0952. The number of hydrogen-bond acceptors (Lipinski definition) is 7. The molecule has 1 amide bonds. The monoisotopic (exact) mass is 423 g/mol. The van der Waals surface area contributed by atoms with E-state index < -0.39 is 0 Å². The highest BCUT2D eigenvalue weighted by molar-refractivity contribution is 8.18. The molecule has 0 atom stereocenters. The fourth-order valence-electron chi connectivity index (χ4n) is 2.82. The van der Waals surface area contributed by atoms with Crippen LogP contribution >= 0.6 is 23.1 Å². The van der Waals surface area contributed by atoms with E-state index in [2.05, 4.69) is 16.6 Å². The molecule has 2 heterocycles. The zero-order chi connectivity index (χ0) is 20.4. The number of para-hydroxylation sites is 1. The molecule has 0 radical (unpaired) electrons. The smallest absolute Gasteiger partial charge is 0.267 e. The Hall–Kier alpha value is -3.10. The van der Waals surface area contributed by atoms with Crippen molar-refractivity contribution in [3.8, 4) is 11.5 Å². The number of benzene rings is 2. The minimum absolute atomic E-state index is 0.0172. The van der Waals surface area contributed by atoms with Crippen molar-refractivity contribution in [3.63, 3.8) is 0 Å². The van der Waals surface area contributed by atoms with Crippen LogP contribution in [0.2, 0.25) is 0 Å². The Bertz CT molecular complexity index is 1130. The second-order valence-corrected chi connectivity index (χ2v) is 8.12. The summed E-state index contributed by atoms with van der Waals surface area (Å²) in [5, 5.41) is 11.1. The number of carbonyl (C=O) groups excluding carboxylic acids is 1. The van der Waals surface area contributed by atoms with Crippen molar-refractivity contribution in [1.29, 1.82) is 0 Å². The normalized spacial score (nSPS) is 16.9. The van der Waals surface area contributed by atoms with Gasteiger partial charge in [-0.05, 0) is 47.7 Å². The van der Waals surface area contributed by atoms with Gasteiger partial charge in [0, 0.05) is 6.54 Å². The molecule has 0 bridgehead atoms. The molecule has 4 rings (SSSR count). The van der Waals surface area contributed by atoms with Crippen molar-refractivity contribution >= 4 is 55.6 Å². The number of aromatic hydroxyl groups is 1. The van der Waals surface area contributed by atoms with E-state index in [0.717, 1.165) is 10.2 Å². The summed E-state index contributed by atoms with van der Waals surface area (Å²) in [4.78, 5) is 24.1. The van der Waals surface area contributed by atoms with Gasteiger partial charge in [-0.2, -0.15) is 4.99 Å². The first-order chi connectivity index (χ1) is 14.1. The van der Waals surface area contributed by atoms with Crippen molar-refractivity contribution in [2.45, 2.75) is 0 Å². The van der Waals surface area contributed by atoms with Gasteiger partial charge in [-0.1, -0.05) is 35.6 Å². The molecule has 2 aromatic carbocycles. The SMILES string of the molecule is C=CCN1C(=O)/C(=C/c2ccc(OC)c(O)c2)S/C1=N/c1nc2ccccc2s1. The number of amides is 1. The molecule has 0 aliphatic carbocycles. The van der Waals surface area contributed by atoms with E-state index in [1.807, 2.05) is 24.3 Å². The molecule has 0 saturated carbocycles. The lowest BCUT2D eigenvalue weighted by molar-refractivity contribution is -0.121. The molecular weight excluding hydrogens is 406 g/mol. The summed E-state index contributed by atoms with van der Waals surface area (Å²) < 4.78 is 6.10. The summed E-state index contributed by atoms with van der Waals surface area (Å²) in [5.41, 5.74) is 1.57. The second-order valence-electron chi connectivity index (χ2n) is 6.10. The number of hydrogen-bond donors (Lipinski definition) is 1. The number of methoxy groups -OCH3 is 1. The molecule has 0 unspecified atom stereocenters. The fourth-order valence-corrected chi connectivity index (χ4v) is 4.70. The maximum Gasteiger partial charge on any atom is 0.267 e. The number of ether oxygens (including phenoxy) is 1. The van der Waals surface area contributed by atoms with Gasteiger partial charge in [0.25, 0.3) is 5.91 Å². The van der Waals surface area contributed by atoms with Crippen LogP contribution in [0, 0.1) is 0 Å². The highest BCUT2D eigenvalue weighted by Crippen LogP contribution is 2.37. The summed E-state index contributed by atoms with van der Waals surface area (Å²) in [6, 6.07) is 12.8. The average Bonchev–Trinajstić information content (AvgIpc) is 3.24. The predicted octanol–water partition coefficient (Wildman–Crippen LogP) is 4.80. The zero-order valence-corrected chi connectivity index (χ0v) is 17.2. The summed E-state index contributed by atoms with van der Waals surface area (Å²) in [7, 11) is 1.49. The molecule has 3 aromatic rings. The molecule has 1 aromatic heterocycles. The van der Waals surface area contributed by atoms with Crippen LogP contribution in [0.25, 0.3) is 16.3 Å². The highest BCUT2D eigenvalue weighted by Gasteiger charge is 2.33. The van der Waals surface area contributed by atoms with Gasteiger partial charge in [0.2, 0.25) is 5.13 Å². The van der Waals surface area contributed by atoms with Crippen LogP contribution in [0.4, 0.5) is 5.13 Å². The third-order valence-electron chi connectivity index (χ3n) is 4.17. The van der Waals surface area contributed by atoms with Crippen molar-refractivity contribution in [2.75, 3.05) is 13.7 Å². The van der Waals surface area contributed by atoms with Crippen molar-refractivity contribution in [2.24, 2.45) is 4.99 Å². The summed E-state index contributed by atoms with van der Waals surface area (Å²) in [6.07, 6.45) is 3.39. The molecular formula is C21H17N3O3S2. The lowest BCUT2D eigenvalue weighted by Gasteiger charge is -2.11. The molecule has 8 heteroatoms. The van der Waals surface area contributed by atoms with E-state index in [9.17, 15) is 9.90 Å². The van der Waals surface area contributed by atoms with Crippen molar-refractivity contribution in [1.82, 2.24) is 9.88 Å². The third-order valence-corrected chi connectivity index (χ3v) is 6.11. The first-order valence-electron chi connectivity index (χ1n) is 8.72. The average molecular weight is 424 g/mol. The van der Waals surface area contributed by atoms with Crippen LogP contribution < -0.4 is 4.74 Å². The van der Waals surface area contributed by atoms with Crippen LogP contribution in [-0.4, -0.2) is 39.7 Å². The number of thioether (sulfide) groups is 1. The lowest BCUT2D eigenvalue weighted by Crippen LogP contribution is -2.29. The number of phenols is 1. The van der Waals surface area contributed by atoms with Gasteiger partial charge in [-0.25, -0.2) is 4.98 Å². The summed E-state index contributed by atoms with van der Waals surface area (Å²) >= 11 is 2.75. The second kappa shape index (κ2) is 8.10. The Morgan fingerprint density at radius 2 is 2.14 bits per heavy atom. The molecule has 146 valence electrons. The molecule has 1 aliphatic rings. The van der Waals surface area contributed by atoms with Crippen LogP contribution in [0.3, 0.4) is 0 Å². The Morgan fingerprint density at radius 1 is 1.31 bits per heavy atom. The number of amidine groups is 1. The van der Waals surface area contributed by atoms with E-state index in [4.69, 9.17) is 4.74 Å². The minimum atomic E-state index is -0.162. The van der Waals surface area contributed by atoms with Gasteiger partial charge in [0.1, 0.15) is 0 Å². The maximum absolute atomic E-state index is 12.9. The number of carbonyl (C=O) groups is 1. The highest BCUT2D eigenvalue weighted by atomic mass is 32.2. The van der Waals surface area contributed by atoms with Crippen molar-refractivity contribution < 1.29 is 14.6 Å². The molecule has 0 spiro atoms. The third kappa shape index (κ3) is 3.90. The number of aliphatic imine (C=N–C) groups is 1. The summed E-state index contributed by atoms with van der Waals surface area (Å²) in [5.74, 6) is 0.234. The van der Waals surface area contributed by atoms with Crippen LogP contribution in [0.5, 0.6) is 11.5 Å². The first-order valence-corrected chi connectivity index (χ1v) is 10.4. The zero-order valence-electron chi connectivity index (χ0n) is 15.5. The molecule has 1 fully saturated rings. The number of nitrogens with zero attached hydrogens (tertiary/aromatic N) is 3. The maximum atomic E-state index is 12.9. The number of thiazole rings is 1. The minimum Gasteiger partial charge on any atom is -0.504 e. The van der Waals surface area contributed by atoms with Gasteiger partial charge in [-0.3, -0.25) is 9.69 Å². The Balaban J connectivity index is 1.68. The standard InChI is InChI=1S/C21H17N3O3S2/c1-3-10-24-19(26)18(12-13-8-9-16(27-2)15(25)11-13)29-21(24)23-20-22-14-6-4-5-7-17(14)28-20/h3-9,11-12,25H,1,10H2,2H3/b18-12-,23-21+. The summed E-state index contributed by atoms with van der Waals surface area (Å²) in [6.45, 7) is 4.08. The quantitative estimate of drug-likeness (QED) is 0.471. The lowest BCUT2D eigenvalue weighted by atomic mass is 10.2. The Morgan fingerprint density at radius 3 is 2.86 bits per heavy atom. The van der Waals surface area contributed by atoms with Gasteiger partial charge in [0.05, 0.1) is 22.2 Å². The first kappa shape index (κ1) is 19.2. The van der Waals surface area contributed by atoms with E-state index >= 15 is 0 Å². The number of aromatic nitrogens is 1. The number of phenolic OH excluding ortho intramolecular Hbond substituents is 1. The van der Waals surface area contributed by atoms with E-state index in [-0.39, 0.29) is 11.7 Å². The molecule has 1 saturated heterocycles. The van der Waals surface area contributed by atoms with Gasteiger partial charge in [-0.15, -0.1) is 6.58 Å². The Labute approximate surface area is 175 Å². The number of fused-ring (bicyclic) bond motifs is 1. The molecule has 1 N–H and O–H groups in total. The van der Waals surface area contributed by atoms with Crippen LogP contribution in [0.15, 0.2) is 65.0 Å². The van der Waals surface area contributed by atoms with E-state index in [1.165, 1.54) is 30.2 Å². The largest absolute Gasteiger partial charge is 0.504 e. The van der Waals surface area contributed by atoms with E-state index in [0.29, 0.717) is 33.1 Å². The van der Waals surface area contributed by atoms with Gasteiger partial charge in [0.15, 0.2) is 16.7 Å². The van der Waals surface area contributed by atoms with Gasteiger partial charge < -0.3 is 9.84 Å². The van der Waals surface area contributed by atoms with Crippen LogP contribution in [0.1, 0.15) is 5.56 Å². The van der Waals surface area contributed by atoms with Gasteiger partial charge >= 0.3 is 0 Å². The molecule has 6 nitrogen and oxygen atoms in total. The molecule has 1 aliphatic heterocycles. The molecule has 29 heavy (non-hydrogen) atoms. The van der Waals surface area contributed by atoms with Crippen molar-refractivity contribution in [3.05, 3.63) is 65.6 Å². The van der Waals surface area contributed by atoms with E-state index in [1.54, 1.807) is 35.3 Å². The number of rotatable bonds is 5.